The number of amides is 2. The van der Waals surface area contributed by atoms with Crippen molar-refractivity contribution in [2.75, 3.05) is 33.3 Å². The van der Waals surface area contributed by atoms with Crippen LogP contribution in [0.2, 0.25) is 0 Å². The number of carbonyl (C=O) groups excluding carboxylic acids is 3. The van der Waals surface area contributed by atoms with Crippen molar-refractivity contribution in [3.05, 3.63) is 65.4 Å². The van der Waals surface area contributed by atoms with E-state index in [1.54, 1.807) is 0 Å². The van der Waals surface area contributed by atoms with Gasteiger partial charge in [0.25, 0.3) is 17.6 Å². The van der Waals surface area contributed by atoms with E-state index in [0.29, 0.717) is 0 Å². The average Bonchev–Trinajstić information content (AvgIpc) is 3.62. The number of aryl methyl sites for hydroxylation is 1. The maximum absolute atomic E-state index is 13.5. The van der Waals surface area contributed by atoms with Gasteiger partial charge in [0.1, 0.15) is 19.2 Å². The van der Waals surface area contributed by atoms with Crippen LogP contribution in [-0.4, -0.2) is 85.4 Å². The van der Waals surface area contributed by atoms with Crippen molar-refractivity contribution in [1.82, 2.24) is 34.5 Å². The second kappa shape index (κ2) is 9.25. The van der Waals surface area contributed by atoms with Crippen LogP contribution in [0.5, 0.6) is 5.75 Å². The largest absolute Gasteiger partial charge is 0.494 e. The zero-order valence-electron chi connectivity index (χ0n) is 27.3. The maximum Gasteiger partial charge on any atom is 0.295 e. The number of ether oxygens (including phenoxy) is 1. The molecule has 0 bridgehead atoms. The van der Waals surface area contributed by atoms with Gasteiger partial charge >= 0.3 is 0 Å². The smallest absolute Gasteiger partial charge is 0.295 e. The number of piperazine rings is 1. The number of nitrogens with one attached hydrogen (secondary N) is 1. The molecule has 1 aliphatic heterocycles. The third kappa shape index (κ3) is 4.08. The van der Waals surface area contributed by atoms with Gasteiger partial charge < -0.3 is 19.5 Å². The second-order valence-corrected chi connectivity index (χ2v) is 7.96. The first-order chi connectivity index (χ1) is 20.7. The predicted molar refractivity (Wildman–Crippen MR) is 130 cm³/mol. The maximum atomic E-state index is 13.5. The van der Waals surface area contributed by atoms with E-state index < -0.39 is 48.7 Å². The molecule has 184 valence electrons. The Labute approximate surface area is 217 Å². The number of hydrogen-bond donors (Lipinski definition) is 1. The van der Waals surface area contributed by atoms with Crippen LogP contribution in [0.25, 0.3) is 16.7 Å². The van der Waals surface area contributed by atoms with E-state index >= 15 is 0 Å². The highest BCUT2D eigenvalue weighted by molar-refractivity contribution is 6.45. The van der Waals surface area contributed by atoms with Crippen molar-refractivity contribution in [2.45, 2.75) is 13.8 Å². The van der Waals surface area contributed by atoms with Crippen molar-refractivity contribution in [3.8, 4) is 11.6 Å². The number of H-pyrrole nitrogens is 1. The molecule has 3 aromatic heterocycles. The summed E-state index contributed by atoms with van der Waals surface area (Å²) < 4.78 is 69.3. The lowest BCUT2D eigenvalue weighted by atomic mass is 10.1. The van der Waals surface area contributed by atoms with Crippen LogP contribution in [0.15, 0.2) is 42.9 Å². The lowest BCUT2D eigenvalue weighted by Gasteiger charge is -2.34. The summed E-state index contributed by atoms with van der Waals surface area (Å²) in [5.74, 6) is -2.97. The number of rotatable bonds is 5. The number of Topliss-reactive ketones (excluding diaryl/α,β-unsaturated/α-hetero) is 1. The molecule has 11 nitrogen and oxygen atoms in total. The molecule has 1 aromatic carbocycles. The Morgan fingerprint density at radius 3 is 2.47 bits per heavy atom. The van der Waals surface area contributed by atoms with Gasteiger partial charge in [-0.15, -0.1) is 0 Å². The molecule has 1 fully saturated rings. The Morgan fingerprint density at radius 2 is 1.81 bits per heavy atom. The van der Waals surface area contributed by atoms with Crippen LogP contribution in [0.4, 0.5) is 0 Å². The quantitative estimate of drug-likeness (QED) is 0.331. The molecule has 2 amide bonds. The van der Waals surface area contributed by atoms with Crippen molar-refractivity contribution in [2.24, 2.45) is 0 Å². The first-order valence-electron chi connectivity index (χ1n) is 14.9. The molecule has 4 aromatic rings. The average molecular weight is 496 g/mol. The van der Waals surface area contributed by atoms with Gasteiger partial charge in [-0.25, -0.2) is 14.6 Å². The topological polar surface area (TPSA) is 126 Å². The van der Waals surface area contributed by atoms with Gasteiger partial charge in [0.2, 0.25) is 0 Å². The highest BCUT2D eigenvalue weighted by Crippen LogP contribution is 2.31. The summed E-state index contributed by atoms with van der Waals surface area (Å²) in [6.45, 7) is -1.32. The minimum atomic E-state index is -2.67. The zero-order chi connectivity index (χ0) is 32.2. The Morgan fingerprint density at radius 1 is 1.08 bits per heavy atom. The SMILES string of the molecule is [2H]c1c([2H])c(C(=O)N2CCN(C(=O)C(=O)c3c[nH]c4c(-n5nc(C([2H])([2H])[2H])nc5[2H])ncc(OC)c34)CC2)c([2H])c([2H])c1C. The summed E-state index contributed by atoms with van der Waals surface area (Å²) >= 11 is 0. The van der Waals surface area contributed by atoms with Crippen molar-refractivity contribution >= 4 is 28.5 Å². The zero-order valence-corrected chi connectivity index (χ0v) is 19.3. The van der Waals surface area contributed by atoms with Crippen molar-refractivity contribution in [1.29, 1.82) is 0 Å². The highest BCUT2D eigenvalue weighted by Gasteiger charge is 2.31. The summed E-state index contributed by atoms with van der Waals surface area (Å²) in [5.41, 5.74) is -0.158. The molecule has 36 heavy (non-hydrogen) atoms. The summed E-state index contributed by atoms with van der Waals surface area (Å²) in [6, 6.07) is -1.49. The first-order valence-corrected chi connectivity index (χ1v) is 10.9. The number of fused-ring (bicyclic) bond motifs is 1. The summed E-state index contributed by atoms with van der Waals surface area (Å²) in [5, 5.41) is 4.03. The Hall–Kier alpha value is -4.54. The molecule has 0 aliphatic carbocycles. The fourth-order valence-electron chi connectivity index (χ4n) is 3.94. The number of ketones is 1. The van der Waals surface area contributed by atoms with Gasteiger partial charge in [-0.3, -0.25) is 14.4 Å². The van der Waals surface area contributed by atoms with Gasteiger partial charge in [0, 0.05) is 42.1 Å². The number of benzene rings is 1. The fourth-order valence-corrected chi connectivity index (χ4v) is 3.94. The van der Waals surface area contributed by atoms with Crippen LogP contribution >= 0.6 is 0 Å². The molecule has 5 rings (SSSR count). The minimum absolute atomic E-state index is 0.0129. The van der Waals surface area contributed by atoms with Gasteiger partial charge in [0.15, 0.2) is 5.82 Å². The molecule has 0 spiro atoms. The van der Waals surface area contributed by atoms with E-state index in [9.17, 15) is 14.4 Å². The molecule has 11 heteroatoms. The molecular formula is C25H25N7O4. The van der Waals surface area contributed by atoms with E-state index in [2.05, 4.69) is 20.1 Å². The highest BCUT2D eigenvalue weighted by atomic mass is 16.5. The number of hydrogen-bond acceptors (Lipinski definition) is 7. The normalized spacial score (nSPS) is 17.3. The summed E-state index contributed by atoms with van der Waals surface area (Å²) in [6.07, 6.45) is 1.99. The number of methoxy groups -OCH3 is 1. The van der Waals surface area contributed by atoms with Gasteiger partial charge in [-0.05, 0) is 25.9 Å². The van der Waals surface area contributed by atoms with E-state index in [0.717, 1.165) is 4.68 Å². The fraction of sp³-hybridized carbons (Fsp3) is 0.280. The van der Waals surface area contributed by atoms with Crippen LogP contribution in [0.1, 0.15) is 43.1 Å². The lowest BCUT2D eigenvalue weighted by molar-refractivity contribution is -0.127. The molecule has 0 saturated carbocycles. The van der Waals surface area contributed by atoms with Gasteiger partial charge in [-0.1, -0.05) is 17.6 Å². The third-order valence-electron chi connectivity index (χ3n) is 5.78. The van der Waals surface area contributed by atoms with Gasteiger partial charge in [0.05, 0.1) is 35.3 Å². The number of carbonyl (C=O) groups is 3. The molecular weight excluding hydrogens is 462 g/mol. The molecule has 0 radical (unpaired) electrons. The van der Waals surface area contributed by atoms with Crippen molar-refractivity contribution < 1.29 is 30.1 Å². The summed E-state index contributed by atoms with van der Waals surface area (Å²) in [7, 11) is 1.33. The van der Waals surface area contributed by atoms with E-state index in [-0.39, 0.29) is 77.4 Å². The molecule has 4 heterocycles. The van der Waals surface area contributed by atoms with Crippen LogP contribution in [0.3, 0.4) is 0 Å². The minimum Gasteiger partial charge on any atom is -0.494 e. The van der Waals surface area contributed by atoms with Crippen LogP contribution in [0, 0.1) is 13.8 Å². The predicted octanol–water partition coefficient (Wildman–Crippen LogP) is 1.94. The molecule has 0 unspecified atom stereocenters. The molecule has 0 atom stereocenters. The first kappa shape index (κ1) is 15.5. The lowest BCUT2D eigenvalue weighted by Crippen LogP contribution is -2.52. The van der Waals surface area contributed by atoms with Crippen LogP contribution < -0.4 is 4.74 Å². The molecule has 1 aliphatic rings. The Bertz CT molecular complexity index is 1820. The number of aromatic nitrogens is 5. The summed E-state index contributed by atoms with van der Waals surface area (Å²) in [4.78, 5) is 53.2. The Balaban J connectivity index is 1.39. The standard InChI is InChI=1S/C25H25N7O4/c1-15-4-6-17(7-5-15)24(34)30-8-10-31(11-9-30)25(35)22(33)18-12-26-21-20(18)19(36-3)13-27-23(21)32-14-28-16(2)29-32/h4-7,12-14,26H,8-11H2,1-3H3/i2D3,4D,5D,6D,7D,14D. The van der Waals surface area contributed by atoms with Gasteiger partial charge in [-0.2, -0.15) is 5.10 Å². The number of aromatic amines is 1. The molecule has 1 N–H and O–H groups in total. The van der Waals surface area contributed by atoms with E-state index in [1.165, 1.54) is 36.2 Å². The second-order valence-electron chi connectivity index (χ2n) is 7.96. The van der Waals surface area contributed by atoms with Crippen LogP contribution in [-0.2, 0) is 4.79 Å². The molecule has 1 saturated heterocycles. The monoisotopic (exact) mass is 495 g/mol. The third-order valence-corrected chi connectivity index (χ3v) is 5.78. The Kier molecular flexibility index (Phi) is 3.97. The number of pyridine rings is 1. The number of nitrogens with zero attached hydrogens (tertiary/aromatic N) is 6. The van der Waals surface area contributed by atoms with E-state index in [1.807, 2.05) is 0 Å². The van der Waals surface area contributed by atoms with Crippen molar-refractivity contribution in [3.63, 3.8) is 0 Å². The van der Waals surface area contributed by atoms with E-state index in [4.69, 9.17) is 15.7 Å².